The molecule has 3 rings (SSSR count). The Hall–Kier alpha value is -4.46. The number of rotatable bonds is 8. The first-order chi connectivity index (χ1) is 16.0. The van der Waals surface area contributed by atoms with Gasteiger partial charge in [-0.05, 0) is 42.3 Å². The summed E-state index contributed by atoms with van der Waals surface area (Å²) >= 11 is 0. The highest BCUT2D eigenvalue weighted by atomic mass is 16.5. The molecule has 0 aliphatic heterocycles. The van der Waals surface area contributed by atoms with Crippen molar-refractivity contribution in [2.24, 2.45) is 5.10 Å². The van der Waals surface area contributed by atoms with Crippen molar-refractivity contribution in [2.45, 2.75) is 13.5 Å². The fraction of sp³-hybridized carbons (Fsp3) is 0.120. The Morgan fingerprint density at radius 1 is 0.909 bits per heavy atom. The van der Waals surface area contributed by atoms with Gasteiger partial charge in [0.25, 0.3) is 5.91 Å². The summed E-state index contributed by atoms with van der Waals surface area (Å²) in [4.78, 5) is 36.1. The second-order valence-corrected chi connectivity index (χ2v) is 7.11. The summed E-state index contributed by atoms with van der Waals surface area (Å²) in [6.45, 7) is 2.11. The van der Waals surface area contributed by atoms with Gasteiger partial charge in [0, 0.05) is 17.8 Å². The number of carbonyl (C=O) groups excluding carboxylic acids is 3. The van der Waals surface area contributed by atoms with Crippen molar-refractivity contribution in [1.82, 2.24) is 10.7 Å². The minimum absolute atomic E-state index is 0.178. The van der Waals surface area contributed by atoms with Crippen molar-refractivity contribution < 1.29 is 19.1 Å². The number of benzene rings is 3. The van der Waals surface area contributed by atoms with E-state index in [2.05, 4.69) is 21.2 Å². The van der Waals surface area contributed by atoms with Gasteiger partial charge in [-0.2, -0.15) is 5.10 Å². The molecule has 3 amide bonds. The zero-order valence-electron chi connectivity index (χ0n) is 18.1. The van der Waals surface area contributed by atoms with Crippen molar-refractivity contribution in [3.63, 3.8) is 0 Å². The number of amides is 3. The molecule has 0 saturated carbocycles. The largest absolute Gasteiger partial charge is 0.483 e. The van der Waals surface area contributed by atoms with Crippen molar-refractivity contribution in [3.8, 4) is 5.75 Å². The number of anilines is 1. The molecule has 0 aliphatic carbocycles. The molecular weight excluding hydrogens is 420 g/mol. The summed E-state index contributed by atoms with van der Waals surface area (Å²) in [6.07, 6.45) is 1.34. The highest BCUT2D eigenvalue weighted by molar-refractivity contribution is 6.39. The summed E-state index contributed by atoms with van der Waals surface area (Å²) in [5, 5.41) is 9.11. The Bertz CT molecular complexity index is 1150. The lowest BCUT2D eigenvalue weighted by Gasteiger charge is -2.09. The molecule has 0 saturated heterocycles. The maximum atomic E-state index is 12.1. The molecule has 33 heavy (non-hydrogen) atoms. The number of nitrogens with one attached hydrogen (secondary N) is 3. The number of hydrazone groups is 1. The van der Waals surface area contributed by atoms with Crippen LogP contribution in [0.15, 0.2) is 84.0 Å². The van der Waals surface area contributed by atoms with Gasteiger partial charge in [-0.3, -0.25) is 14.4 Å². The number of ether oxygens (including phenoxy) is 1. The number of para-hydroxylation sites is 1. The van der Waals surface area contributed by atoms with Crippen LogP contribution in [0.5, 0.6) is 5.75 Å². The molecule has 3 aromatic rings. The molecule has 0 unspecified atom stereocenters. The number of hydrogen-bond donors (Lipinski definition) is 3. The molecule has 0 spiro atoms. The van der Waals surface area contributed by atoms with Gasteiger partial charge in [-0.1, -0.05) is 54.6 Å². The highest BCUT2D eigenvalue weighted by Crippen LogP contribution is 2.15. The van der Waals surface area contributed by atoms with Crippen LogP contribution in [0, 0.1) is 6.92 Å². The molecule has 0 aromatic heterocycles. The molecule has 8 nitrogen and oxygen atoms in total. The van der Waals surface area contributed by atoms with E-state index in [-0.39, 0.29) is 12.5 Å². The molecule has 0 fully saturated rings. The van der Waals surface area contributed by atoms with Crippen LogP contribution in [0.25, 0.3) is 0 Å². The summed E-state index contributed by atoms with van der Waals surface area (Å²) in [6, 6.07) is 23.5. The van der Waals surface area contributed by atoms with E-state index in [1.54, 1.807) is 42.5 Å². The van der Waals surface area contributed by atoms with Crippen LogP contribution >= 0.6 is 0 Å². The van der Waals surface area contributed by atoms with Crippen molar-refractivity contribution >= 4 is 29.6 Å². The molecule has 0 heterocycles. The van der Waals surface area contributed by atoms with Crippen LogP contribution in [-0.2, 0) is 20.9 Å². The summed E-state index contributed by atoms with van der Waals surface area (Å²) in [7, 11) is 0. The first kappa shape index (κ1) is 23.2. The minimum Gasteiger partial charge on any atom is -0.483 e. The first-order valence-electron chi connectivity index (χ1n) is 10.2. The third-order valence-corrected chi connectivity index (χ3v) is 4.46. The predicted octanol–water partition coefficient (Wildman–Crippen LogP) is 2.78. The van der Waals surface area contributed by atoms with E-state index < -0.39 is 11.8 Å². The molecule has 8 heteroatoms. The Morgan fingerprint density at radius 2 is 1.67 bits per heavy atom. The second-order valence-electron chi connectivity index (χ2n) is 7.11. The molecule has 3 N–H and O–H groups in total. The average molecular weight is 444 g/mol. The smallest absolute Gasteiger partial charge is 0.329 e. The number of aryl methyl sites for hydroxylation is 1. The van der Waals surface area contributed by atoms with Gasteiger partial charge < -0.3 is 15.4 Å². The lowest BCUT2D eigenvalue weighted by Crippen LogP contribution is -2.32. The highest BCUT2D eigenvalue weighted by Gasteiger charge is 2.13. The zero-order valence-corrected chi connectivity index (χ0v) is 18.1. The van der Waals surface area contributed by atoms with Crippen LogP contribution in [0.2, 0.25) is 0 Å². The van der Waals surface area contributed by atoms with E-state index in [0.717, 1.165) is 11.1 Å². The van der Waals surface area contributed by atoms with Gasteiger partial charge in [0.05, 0.1) is 6.21 Å². The molecule has 0 radical (unpaired) electrons. The number of hydrogen-bond acceptors (Lipinski definition) is 5. The SMILES string of the molecule is Cc1cccc(NC(=O)C(=O)N/N=C\c2ccccc2OCC(=O)NCc2ccccc2)c1. The van der Waals surface area contributed by atoms with Crippen molar-refractivity contribution in [3.05, 3.63) is 95.6 Å². The van der Waals surface area contributed by atoms with E-state index in [1.165, 1.54) is 6.21 Å². The standard InChI is InChI=1S/C25H24N4O4/c1-18-8-7-12-21(14-18)28-24(31)25(32)29-27-16-20-11-5-6-13-22(20)33-17-23(30)26-15-19-9-3-2-4-10-19/h2-14,16H,15,17H2,1H3,(H,26,30)(H,28,31)(H,29,32)/b27-16-. The number of nitrogens with zero attached hydrogens (tertiary/aromatic N) is 1. The molecular formula is C25H24N4O4. The topological polar surface area (TPSA) is 109 Å². The maximum absolute atomic E-state index is 12.1. The number of carbonyl (C=O) groups is 3. The first-order valence-corrected chi connectivity index (χ1v) is 10.2. The van der Waals surface area contributed by atoms with E-state index in [9.17, 15) is 14.4 Å². The third-order valence-electron chi connectivity index (χ3n) is 4.46. The van der Waals surface area contributed by atoms with Gasteiger partial charge in [0.2, 0.25) is 0 Å². The van der Waals surface area contributed by atoms with Crippen LogP contribution < -0.4 is 20.8 Å². The van der Waals surface area contributed by atoms with Crippen LogP contribution in [0.1, 0.15) is 16.7 Å². The van der Waals surface area contributed by atoms with E-state index in [4.69, 9.17) is 4.74 Å². The molecule has 168 valence electrons. The van der Waals surface area contributed by atoms with E-state index in [1.807, 2.05) is 43.3 Å². The monoisotopic (exact) mass is 444 g/mol. The fourth-order valence-corrected chi connectivity index (χ4v) is 2.83. The summed E-state index contributed by atoms with van der Waals surface area (Å²) < 4.78 is 5.59. The molecule has 0 atom stereocenters. The molecule has 0 aliphatic rings. The van der Waals surface area contributed by atoms with E-state index in [0.29, 0.717) is 23.5 Å². The Morgan fingerprint density at radius 3 is 2.45 bits per heavy atom. The zero-order chi connectivity index (χ0) is 23.5. The van der Waals surface area contributed by atoms with Crippen LogP contribution in [0.4, 0.5) is 5.69 Å². The Balaban J connectivity index is 1.49. The van der Waals surface area contributed by atoms with Gasteiger partial charge in [0.1, 0.15) is 5.75 Å². The van der Waals surface area contributed by atoms with Crippen LogP contribution in [0.3, 0.4) is 0 Å². The predicted molar refractivity (Wildman–Crippen MR) is 126 cm³/mol. The molecule has 3 aromatic carbocycles. The van der Waals surface area contributed by atoms with Gasteiger partial charge >= 0.3 is 11.8 Å². The second kappa shape index (κ2) is 11.8. The minimum atomic E-state index is -0.911. The Kier molecular flexibility index (Phi) is 8.30. The lowest BCUT2D eigenvalue weighted by molar-refractivity contribution is -0.136. The quantitative estimate of drug-likeness (QED) is 0.282. The maximum Gasteiger partial charge on any atom is 0.329 e. The van der Waals surface area contributed by atoms with Crippen molar-refractivity contribution in [1.29, 1.82) is 0 Å². The van der Waals surface area contributed by atoms with Crippen LogP contribution in [-0.4, -0.2) is 30.5 Å². The van der Waals surface area contributed by atoms with Gasteiger partial charge in [-0.15, -0.1) is 0 Å². The average Bonchev–Trinajstić information content (AvgIpc) is 2.82. The fourth-order valence-electron chi connectivity index (χ4n) is 2.83. The van der Waals surface area contributed by atoms with Gasteiger partial charge in [-0.25, -0.2) is 5.43 Å². The Labute approximate surface area is 191 Å². The summed E-state index contributed by atoms with van der Waals surface area (Å²) in [5.74, 6) is -1.61. The van der Waals surface area contributed by atoms with Gasteiger partial charge in [0.15, 0.2) is 6.61 Å². The lowest BCUT2D eigenvalue weighted by atomic mass is 10.2. The molecule has 0 bridgehead atoms. The van der Waals surface area contributed by atoms with Crippen molar-refractivity contribution in [2.75, 3.05) is 11.9 Å². The normalized spacial score (nSPS) is 10.5. The van der Waals surface area contributed by atoms with E-state index >= 15 is 0 Å². The third kappa shape index (κ3) is 7.62. The summed E-state index contributed by atoms with van der Waals surface area (Å²) in [5.41, 5.74) is 5.17.